The summed E-state index contributed by atoms with van der Waals surface area (Å²) in [4.78, 5) is 15.0. The Bertz CT molecular complexity index is 505. The number of nitrogens with zero attached hydrogens (tertiary/aromatic N) is 2. The van der Waals surface area contributed by atoms with Gasteiger partial charge in [0, 0.05) is 23.0 Å². The minimum Gasteiger partial charge on any atom is -0.303 e. The highest BCUT2D eigenvalue weighted by molar-refractivity contribution is 6.30. The highest BCUT2D eigenvalue weighted by Gasteiger charge is 2.06. The molecule has 0 N–H and O–H groups in total. The number of carbonyl (C=O) groups excluding carboxylic acids is 1. The fraction of sp³-hybridized carbons (Fsp3) is 0.0909. The molecule has 3 nitrogen and oxygen atoms in total. The van der Waals surface area contributed by atoms with Gasteiger partial charge in [-0.15, -0.1) is 0 Å². The summed E-state index contributed by atoms with van der Waals surface area (Å²) < 4.78 is 1.85. The summed E-state index contributed by atoms with van der Waals surface area (Å²) in [5, 5.41) is 0.554. The first kappa shape index (κ1) is 9.93. The summed E-state index contributed by atoms with van der Waals surface area (Å²) in [6, 6.07) is 5.20. The van der Waals surface area contributed by atoms with Gasteiger partial charge in [-0.2, -0.15) is 0 Å². The van der Waals surface area contributed by atoms with Crippen molar-refractivity contribution in [3.05, 3.63) is 47.0 Å². The molecule has 0 amide bonds. The molecule has 0 aliphatic carbocycles. The number of aryl methyl sites for hydroxylation is 1. The molecule has 0 saturated carbocycles. The van der Waals surface area contributed by atoms with Crippen LogP contribution in [-0.4, -0.2) is 15.8 Å². The van der Waals surface area contributed by atoms with Crippen molar-refractivity contribution in [1.82, 2.24) is 9.55 Å². The molecule has 0 fully saturated rings. The van der Waals surface area contributed by atoms with E-state index in [0.717, 1.165) is 17.8 Å². The maximum Gasteiger partial charge on any atom is 0.152 e. The molecule has 15 heavy (non-hydrogen) atoms. The van der Waals surface area contributed by atoms with Crippen LogP contribution in [0.2, 0.25) is 5.02 Å². The van der Waals surface area contributed by atoms with Crippen LogP contribution in [0.15, 0.2) is 30.6 Å². The van der Waals surface area contributed by atoms with Gasteiger partial charge < -0.3 is 4.57 Å². The lowest BCUT2D eigenvalue weighted by Crippen LogP contribution is -1.99. The normalized spacial score (nSPS) is 10.3. The van der Waals surface area contributed by atoms with Crippen molar-refractivity contribution in [2.45, 2.75) is 6.92 Å². The maximum atomic E-state index is 10.9. The molecule has 0 saturated heterocycles. The fourth-order valence-electron chi connectivity index (χ4n) is 1.47. The first-order chi connectivity index (χ1) is 7.22. The van der Waals surface area contributed by atoms with Gasteiger partial charge in [0.1, 0.15) is 5.82 Å². The van der Waals surface area contributed by atoms with Crippen LogP contribution in [0.5, 0.6) is 0 Å². The number of rotatable bonds is 2. The van der Waals surface area contributed by atoms with Gasteiger partial charge in [-0.25, -0.2) is 4.98 Å². The summed E-state index contributed by atoms with van der Waals surface area (Å²) in [7, 11) is 0. The van der Waals surface area contributed by atoms with E-state index < -0.39 is 0 Å². The number of aldehydes is 1. The Kier molecular flexibility index (Phi) is 2.56. The van der Waals surface area contributed by atoms with Crippen LogP contribution in [0, 0.1) is 6.92 Å². The molecule has 4 heteroatoms. The second-order valence-corrected chi connectivity index (χ2v) is 3.60. The molecule has 0 spiro atoms. The van der Waals surface area contributed by atoms with E-state index in [2.05, 4.69) is 4.98 Å². The third kappa shape index (κ3) is 1.78. The average Bonchev–Trinajstić information content (AvgIpc) is 2.64. The lowest BCUT2D eigenvalue weighted by molar-refractivity contribution is 0.112. The van der Waals surface area contributed by atoms with Crippen molar-refractivity contribution in [1.29, 1.82) is 0 Å². The Balaban J connectivity index is 2.63. The zero-order valence-electron chi connectivity index (χ0n) is 8.14. The molecular weight excluding hydrogens is 212 g/mol. The molecule has 0 radical (unpaired) electrons. The van der Waals surface area contributed by atoms with Gasteiger partial charge in [0.25, 0.3) is 0 Å². The Hall–Kier alpha value is -1.61. The lowest BCUT2D eigenvalue weighted by atomic mass is 10.2. The van der Waals surface area contributed by atoms with Crippen molar-refractivity contribution < 1.29 is 4.79 Å². The van der Waals surface area contributed by atoms with Crippen molar-refractivity contribution in [3.63, 3.8) is 0 Å². The zero-order chi connectivity index (χ0) is 10.8. The molecular formula is C11H9ClN2O. The minimum atomic E-state index is 0.554. The van der Waals surface area contributed by atoms with Gasteiger partial charge in [-0.3, -0.25) is 4.79 Å². The van der Waals surface area contributed by atoms with Crippen LogP contribution < -0.4 is 0 Å². The molecule has 0 aliphatic rings. The fourth-order valence-corrected chi connectivity index (χ4v) is 1.65. The van der Waals surface area contributed by atoms with Gasteiger partial charge in [0.2, 0.25) is 0 Å². The van der Waals surface area contributed by atoms with Gasteiger partial charge in [0.05, 0.1) is 5.69 Å². The number of aromatic nitrogens is 2. The quantitative estimate of drug-likeness (QED) is 0.730. The van der Waals surface area contributed by atoms with E-state index in [9.17, 15) is 4.79 Å². The Morgan fingerprint density at radius 3 is 2.87 bits per heavy atom. The van der Waals surface area contributed by atoms with Gasteiger partial charge in [-0.05, 0) is 25.1 Å². The number of imidazole rings is 1. The summed E-state index contributed by atoms with van der Waals surface area (Å²) in [6.45, 7) is 1.88. The summed E-state index contributed by atoms with van der Waals surface area (Å²) in [6.07, 6.45) is 4.30. The third-order valence-electron chi connectivity index (χ3n) is 2.20. The zero-order valence-corrected chi connectivity index (χ0v) is 8.90. The molecule has 0 unspecified atom stereocenters. The standard InChI is InChI=1S/C11H9ClN2O/c1-8-13-4-5-14(8)11-3-2-10(12)6-9(11)7-15/h2-7H,1H3. The van der Waals surface area contributed by atoms with Gasteiger partial charge in [0.15, 0.2) is 6.29 Å². The average molecular weight is 221 g/mol. The molecule has 0 aliphatic heterocycles. The molecule has 1 aromatic heterocycles. The monoisotopic (exact) mass is 220 g/mol. The molecule has 76 valence electrons. The molecule has 0 bridgehead atoms. The number of carbonyl (C=O) groups is 1. The van der Waals surface area contributed by atoms with E-state index in [0.29, 0.717) is 10.6 Å². The summed E-state index contributed by atoms with van der Waals surface area (Å²) in [5.74, 6) is 0.834. The van der Waals surface area contributed by atoms with Crippen molar-refractivity contribution in [2.75, 3.05) is 0 Å². The van der Waals surface area contributed by atoms with Crippen LogP contribution >= 0.6 is 11.6 Å². The van der Waals surface area contributed by atoms with E-state index in [1.807, 2.05) is 17.7 Å². The Morgan fingerprint density at radius 1 is 1.47 bits per heavy atom. The van der Waals surface area contributed by atoms with Crippen LogP contribution in [0.3, 0.4) is 0 Å². The number of benzene rings is 1. The Morgan fingerprint density at radius 2 is 2.27 bits per heavy atom. The van der Waals surface area contributed by atoms with Crippen molar-refractivity contribution >= 4 is 17.9 Å². The van der Waals surface area contributed by atoms with Crippen LogP contribution in [-0.2, 0) is 0 Å². The maximum absolute atomic E-state index is 10.9. The SMILES string of the molecule is Cc1nccn1-c1ccc(Cl)cc1C=O. The lowest BCUT2D eigenvalue weighted by Gasteiger charge is -2.07. The third-order valence-corrected chi connectivity index (χ3v) is 2.44. The topological polar surface area (TPSA) is 34.9 Å². The van der Waals surface area contributed by atoms with E-state index >= 15 is 0 Å². The number of halogens is 1. The van der Waals surface area contributed by atoms with Crippen LogP contribution in [0.4, 0.5) is 0 Å². The predicted octanol–water partition coefficient (Wildman–Crippen LogP) is 2.65. The molecule has 1 heterocycles. The van der Waals surface area contributed by atoms with Crippen molar-refractivity contribution in [3.8, 4) is 5.69 Å². The smallest absolute Gasteiger partial charge is 0.152 e. The molecule has 2 aromatic rings. The first-order valence-electron chi connectivity index (χ1n) is 4.47. The minimum absolute atomic E-state index is 0.554. The van der Waals surface area contributed by atoms with Crippen LogP contribution in [0.1, 0.15) is 16.2 Å². The van der Waals surface area contributed by atoms with E-state index in [4.69, 9.17) is 11.6 Å². The predicted molar refractivity (Wildman–Crippen MR) is 58.7 cm³/mol. The number of hydrogen-bond acceptors (Lipinski definition) is 2. The van der Waals surface area contributed by atoms with Crippen LogP contribution in [0.25, 0.3) is 5.69 Å². The highest BCUT2D eigenvalue weighted by atomic mass is 35.5. The van der Waals surface area contributed by atoms with Gasteiger partial charge in [-0.1, -0.05) is 11.6 Å². The molecule has 1 aromatic carbocycles. The van der Waals surface area contributed by atoms with E-state index in [1.165, 1.54) is 0 Å². The molecule has 0 atom stereocenters. The summed E-state index contributed by atoms with van der Waals surface area (Å²) in [5.41, 5.74) is 1.35. The highest BCUT2D eigenvalue weighted by Crippen LogP contribution is 2.19. The second-order valence-electron chi connectivity index (χ2n) is 3.17. The van der Waals surface area contributed by atoms with Crippen molar-refractivity contribution in [2.24, 2.45) is 0 Å². The van der Waals surface area contributed by atoms with E-state index in [1.54, 1.807) is 24.4 Å². The van der Waals surface area contributed by atoms with E-state index in [-0.39, 0.29) is 0 Å². The molecule has 2 rings (SSSR count). The largest absolute Gasteiger partial charge is 0.303 e. The van der Waals surface area contributed by atoms with Gasteiger partial charge >= 0.3 is 0 Å². The Labute approximate surface area is 92.3 Å². The summed E-state index contributed by atoms with van der Waals surface area (Å²) >= 11 is 5.81. The second kappa shape index (κ2) is 3.87. The number of hydrogen-bond donors (Lipinski definition) is 0. The first-order valence-corrected chi connectivity index (χ1v) is 4.85.